The van der Waals surface area contributed by atoms with E-state index in [0.29, 0.717) is 6.42 Å². The van der Waals surface area contributed by atoms with E-state index in [1.54, 1.807) is 19.0 Å². The largest absolute Gasteiger partial charge is 0.352 e. The van der Waals surface area contributed by atoms with Crippen molar-refractivity contribution in [3.63, 3.8) is 0 Å². The SMILES string of the molecule is CN(C)C(=O)C1CCCC(NC(=O)C(N)c2ccccc2)C1.Cl. The van der Waals surface area contributed by atoms with Crippen molar-refractivity contribution >= 4 is 24.2 Å². The van der Waals surface area contributed by atoms with Crippen LogP contribution < -0.4 is 11.1 Å². The first-order chi connectivity index (χ1) is 10.5. The van der Waals surface area contributed by atoms with E-state index in [1.165, 1.54) is 0 Å². The third-order valence-corrected chi connectivity index (χ3v) is 4.25. The molecule has 3 N–H and O–H groups in total. The highest BCUT2D eigenvalue weighted by Crippen LogP contribution is 2.26. The summed E-state index contributed by atoms with van der Waals surface area (Å²) in [5.41, 5.74) is 6.81. The molecule has 3 unspecified atom stereocenters. The van der Waals surface area contributed by atoms with Crippen LogP contribution >= 0.6 is 12.4 Å². The van der Waals surface area contributed by atoms with Crippen molar-refractivity contribution in [2.24, 2.45) is 11.7 Å². The Kier molecular flexibility index (Phi) is 7.52. The second-order valence-electron chi connectivity index (χ2n) is 6.19. The Balaban J connectivity index is 0.00000264. The van der Waals surface area contributed by atoms with Crippen molar-refractivity contribution in [3.8, 4) is 0 Å². The van der Waals surface area contributed by atoms with E-state index >= 15 is 0 Å². The maximum atomic E-state index is 12.3. The lowest BCUT2D eigenvalue weighted by Crippen LogP contribution is -2.45. The molecule has 1 aromatic carbocycles. The molecule has 1 aromatic rings. The van der Waals surface area contributed by atoms with Gasteiger partial charge in [0.1, 0.15) is 6.04 Å². The predicted octanol–water partition coefficient (Wildman–Crippen LogP) is 1.87. The zero-order chi connectivity index (χ0) is 16.1. The molecule has 23 heavy (non-hydrogen) atoms. The van der Waals surface area contributed by atoms with Crippen LogP contribution in [0.25, 0.3) is 0 Å². The molecule has 3 atom stereocenters. The van der Waals surface area contributed by atoms with Crippen LogP contribution in [0.1, 0.15) is 37.3 Å². The van der Waals surface area contributed by atoms with Gasteiger partial charge in [-0.1, -0.05) is 36.8 Å². The smallest absolute Gasteiger partial charge is 0.241 e. The first-order valence-electron chi connectivity index (χ1n) is 7.81. The number of hydrogen-bond donors (Lipinski definition) is 2. The lowest BCUT2D eigenvalue weighted by Gasteiger charge is -2.31. The highest BCUT2D eigenvalue weighted by Gasteiger charge is 2.30. The maximum Gasteiger partial charge on any atom is 0.241 e. The highest BCUT2D eigenvalue weighted by molar-refractivity contribution is 5.85. The van der Waals surface area contributed by atoms with E-state index in [4.69, 9.17) is 5.73 Å². The number of benzene rings is 1. The standard InChI is InChI=1S/C17H25N3O2.ClH/c1-20(2)17(22)13-9-6-10-14(11-13)19-16(21)15(18)12-7-4-3-5-8-12;/h3-5,7-8,13-15H,6,9-11,18H2,1-2H3,(H,19,21);1H. The normalized spacial score (nSPS) is 21.7. The molecular formula is C17H26ClN3O2. The summed E-state index contributed by atoms with van der Waals surface area (Å²) in [7, 11) is 3.55. The zero-order valence-corrected chi connectivity index (χ0v) is 14.5. The molecule has 0 aromatic heterocycles. The molecule has 0 bridgehead atoms. The second-order valence-corrected chi connectivity index (χ2v) is 6.19. The zero-order valence-electron chi connectivity index (χ0n) is 13.7. The number of carbonyl (C=O) groups is 2. The lowest BCUT2D eigenvalue weighted by molar-refractivity contribution is -0.135. The maximum absolute atomic E-state index is 12.3. The molecule has 0 aliphatic heterocycles. The lowest BCUT2D eigenvalue weighted by atomic mass is 9.84. The Morgan fingerprint density at radius 1 is 1.22 bits per heavy atom. The Morgan fingerprint density at radius 3 is 2.48 bits per heavy atom. The van der Waals surface area contributed by atoms with Gasteiger partial charge in [-0.05, 0) is 24.8 Å². The van der Waals surface area contributed by atoms with Crippen LogP contribution in [0.5, 0.6) is 0 Å². The number of halogens is 1. The van der Waals surface area contributed by atoms with Gasteiger partial charge in [0.25, 0.3) is 0 Å². The number of nitrogens with zero attached hydrogens (tertiary/aromatic N) is 1. The van der Waals surface area contributed by atoms with Gasteiger partial charge in [-0.3, -0.25) is 9.59 Å². The molecule has 1 aliphatic rings. The average Bonchev–Trinajstić information content (AvgIpc) is 2.54. The number of rotatable bonds is 4. The summed E-state index contributed by atoms with van der Waals surface area (Å²) in [5.74, 6) is -0.0255. The quantitative estimate of drug-likeness (QED) is 0.879. The fourth-order valence-corrected chi connectivity index (χ4v) is 3.01. The summed E-state index contributed by atoms with van der Waals surface area (Å²) < 4.78 is 0. The Hall–Kier alpha value is -1.59. The van der Waals surface area contributed by atoms with E-state index in [9.17, 15) is 9.59 Å². The summed E-state index contributed by atoms with van der Waals surface area (Å²) in [4.78, 5) is 26.0. The fourth-order valence-electron chi connectivity index (χ4n) is 3.01. The molecular weight excluding hydrogens is 314 g/mol. The average molecular weight is 340 g/mol. The summed E-state index contributed by atoms with van der Waals surface area (Å²) in [5, 5.41) is 3.01. The molecule has 2 rings (SSSR count). The molecule has 128 valence electrons. The van der Waals surface area contributed by atoms with Crippen LogP contribution in [0.4, 0.5) is 0 Å². The van der Waals surface area contributed by atoms with Crippen molar-refractivity contribution in [3.05, 3.63) is 35.9 Å². The van der Waals surface area contributed by atoms with Gasteiger partial charge in [0.15, 0.2) is 0 Å². The fraction of sp³-hybridized carbons (Fsp3) is 0.529. The van der Waals surface area contributed by atoms with E-state index in [1.807, 2.05) is 30.3 Å². The number of nitrogens with two attached hydrogens (primary N) is 1. The van der Waals surface area contributed by atoms with Gasteiger partial charge in [-0.15, -0.1) is 12.4 Å². The number of amides is 2. The molecule has 6 heteroatoms. The van der Waals surface area contributed by atoms with Crippen molar-refractivity contribution in [1.82, 2.24) is 10.2 Å². The van der Waals surface area contributed by atoms with Crippen LogP contribution in [0.3, 0.4) is 0 Å². The van der Waals surface area contributed by atoms with Crippen LogP contribution in [-0.2, 0) is 9.59 Å². The molecule has 1 fully saturated rings. The summed E-state index contributed by atoms with van der Waals surface area (Å²) >= 11 is 0. The Labute approximate surface area is 144 Å². The molecule has 0 saturated heterocycles. The molecule has 0 spiro atoms. The molecule has 1 aliphatic carbocycles. The minimum Gasteiger partial charge on any atom is -0.352 e. The number of hydrogen-bond acceptors (Lipinski definition) is 3. The predicted molar refractivity (Wildman–Crippen MR) is 93.2 cm³/mol. The van der Waals surface area contributed by atoms with Crippen LogP contribution in [-0.4, -0.2) is 36.9 Å². The van der Waals surface area contributed by atoms with Crippen LogP contribution in [0, 0.1) is 5.92 Å². The van der Waals surface area contributed by atoms with Crippen LogP contribution in [0.2, 0.25) is 0 Å². The van der Waals surface area contributed by atoms with Gasteiger partial charge in [0, 0.05) is 26.1 Å². The van der Waals surface area contributed by atoms with Crippen molar-refractivity contribution in [2.45, 2.75) is 37.8 Å². The monoisotopic (exact) mass is 339 g/mol. The minimum atomic E-state index is -0.661. The molecule has 0 radical (unpaired) electrons. The van der Waals surface area contributed by atoms with Crippen molar-refractivity contribution in [1.29, 1.82) is 0 Å². The Morgan fingerprint density at radius 2 is 1.87 bits per heavy atom. The summed E-state index contributed by atoms with van der Waals surface area (Å²) in [6.07, 6.45) is 3.46. The third kappa shape index (κ3) is 5.22. The first-order valence-corrected chi connectivity index (χ1v) is 7.81. The summed E-state index contributed by atoms with van der Waals surface area (Å²) in [6, 6.07) is 8.71. The van der Waals surface area contributed by atoms with E-state index < -0.39 is 6.04 Å². The first kappa shape index (κ1) is 19.5. The van der Waals surface area contributed by atoms with E-state index in [0.717, 1.165) is 24.8 Å². The van der Waals surface area contributed by atoms with Gasteiger partial charge in [0.2, 0.25) is 11.8 Å². The van der Waals surface area contributed by atoms with E-state index in [-0.39, 0.29) is 36.2 Å². The van der Waals surface area contributed by atoms with Crippen LogP contribution in [0.15, 0.2) is 30.3 Å². The van der Waals surface area contributed by atoms with Gasteiger partial charge in [-0.25, -0.2) is 0 Å². The number of carbonyl (C=O) groups excluding carboxylic acids is 2. The third-order valence-electron chi connectivity index (χ3n) is 4.25. The molecule has 5 nitrogen and oxygen atoms in total. The van der Waals surface area contributed by atoms with E-state index in [2.05, 4.69) is 5.32 Å². The minimum absolute atomic E-state index is 0. The Bertz CT molecular complexity index is 522. The van der Waals surface area contributed by atoms with Gasteiger partial charge >= 0.3 is 0 Å². The molecule has 0 heterocycles. The summed E-state index contributed by atoms with van der Waals surface area (Å²) in [6.45, 7) is 0. The van der Waals surface area contributed by atoms with Gasteiger partial charge in [0.05, 0.1) is 0 Å². The number of nitrogens with one attached hydrogen (secondary N) is 1. The van der Waals surface area contributed by atoms with Gasteiger partial charge in [-0.2, -0.15) is 0 Å². The topological polar surface area (TPSA) is 75.4 Å². The highest BCUT2D eigenvalue weighted by atomic mass is 35.5. The van der Waals surface area contributed by atoms with Crippen molar-refractivity contribution < 1.29 is 9.59 Å². The second kappa shape index (κ2) is 8.89. The van der Waals surface area contributed by atoms with Crippen molar-refractivity contribution in [2.75, 3.05) is 14.1 Å². The van der Waals surface area contributed by atoms with Gasteiger partial charge < -0.3 is 16.0 Å². The molecule has 2 amide bonds. The molecule has 1 saturated carbocycles.